The van der Waals surface area contributed by atoms with Crippen molar-refractivity contribution in [2.24, 2.45) is 5.10 Å². The second-order valence-electron chi connectivity index (χ2n) is 3.43. The molecule has 5 heteroatoms. The number of hydrogen-bond donors (Lipinski definition) is 0. The van der Waals surface area contributed by atoms with Crippen LogP contribution in [0.5, 0.6) is 0 Å². The first-order valence-corrected chi connectivity index (χ1v) is 6.34. The van der Waals surface area contributed by atoms with Crippen LogP contribution >= 0.6 is 31.9 Å². The van der Waals surface area contributed by atoms with E-state index in [0.29, 0.717) is 13.1 Å². The number of rotatable bonds is 4. The molecule has 1 atom stereocenters. The summed E-state index contributed by atoms with van der Waals surface area (Å²) in [6.07, 6.45) is 4.76. The first-order chi connectivity index (χ1) is 6.57. The molecule has 1 aliphatic rings. The average molecular weight is 326 g/mol. The third-order valence-corrected chi connectivity index (χ3v) is 4.03. The number of halogens is 2. The predicted molar refractivity (Wildman–Crippen MR) is 66.3 cm³/mol. The van der Waals surface area contributed by atoms with E-state index in [0.717, 1.165) is 28.2 Å². The Balaban J connectivity index is 2.50. The van der Waals surface area contributed by atoms with Crippen LogP contribution in [0.25, 0.3) is 0 Å². The van der Waals surface area contributed by atoms with Crippen molar-refractivity contribution in [2.45, 2.75) is 26.2 Å². The normalized spacial score (nSPS) is 27.1. The zero-order chi connectivity index (χ0) is 10.6. The van der Waals surface area contributed by atoms with E-state index in [1.807, 2.05) is 0 Å². The maximum Gasteiger partial charge on any atom is 0.136 e. The Bertz CT molecular complexity index is 266. The van der Waals surface area contributed by atoms with E-state index in [2.05, 4.69) is 43.9 Å². The van der Waals surface area contributed by atoms with E-state index in [1.165, 1.54) is 0 Å². The Labute approximate surface area is 101 Å². The van der Waals surface area contributed by atoms with Crippen molar-refractivity contribution >= 4 is 38.1 Å². The summed E-state index contributed by atoms with van der Waals surface area (Å²) >= 11 is 6.69. The van der Waals surface area contributed by atoms with Gasteiger partial charge in [-0.15, -0.1) is 0 Å². The fourth-order valence-corrected chi connectivity index (χ4v) is 2.02. The van der Waals surface area contributed by atoms with E-state index in [9.17, 15) is 5.21 Å². The van der Waals surface area contributed by atoms with Gasteiger partial charge in [-0.25, -0.2) is 4.76 Å². The van der Waals surface area contributed by atoms with Gasteiger partial charge < -0.3 is 5.21 Å². The van der Waals surface area contributed by atoms with Crippen molar-refractivity contribution in [3.8, 4) is 0 Å². The highest BCUT2D eigenvalue weighted by Crippen LogP contribution is 2.26. The minimum absolute atomic E-state index is 0.404. The molecule has 0 bridgehead atoms. The van der Waals surface area contributed by atoms with Gasteiger partial charge >= 0.3 is 0 Å². The quantitative estimate of drug-likeness (QED) is 0.442. The fraction of sp³-hybridized carbons (Fsp3) is 0.667. The molecule has 0 amide bonds. The van der Waals surface area contributed by atoms with Gasteiger partial charge in [0.05, 0.1) is 15.2 Å². The minimum Gasteiger partial charge on any atom is -0.604 e. The SMILES string of the molecule is CCCCC[N+]1([O-])CC(Br)=C(Br)C=N1. The Morgan fingerprint density at radius 2 is 2.21 bits per heavy atom. The molecule has 0 aliphatic carbocycles. The van der Waals surface area contributed by atoms with Crippen molar-refractivity contribution < 1.29 is 4.76 Å². The molecular formula is C9H14Br2N2O. The van der Waals surface area contributed by atoms with Gasteiger partial charge in [0.25, 0.3) is 0 Å². The molecule has 1 rings (SSSR count). The molecule has 0 aromatic rings. The maximum atomic E-state index is 12.0. The lowest BCUT2D eigenvalue weighted by Crippen LogP contribution is -2.40. The lowest BCUT2D eigenvalue weighted by Gasteiger charge is -2.37. The molecule has 80 valence electrons. The van der Waals surface area contributed by atoms with Crippen LogP contribution in [-0.4, -0.2) is 24.1 Å². The Morgan fingerprint density at radius 3 is 2.79 bits per heavy atom. The third-order valence-electron chi connectivity index (χ3n) is 2.14. The van der Waals surface area contributed by atoms with Gasteiger partial charge in [-0.3, -0.25) is 0 Å². The molecule has 3 nitrogen and oxygen atoms in total. The fourth-order valence-electron chi connectivity index (χ4n) is 1.30. The summed E-state index contributed by atoms with van der Waals surface area (Å²) in [6, 6.07) is 0. The molecule has 0 aromatic carbocycles. The van der Waals surface area contributed by atoms with Gasteiger partial charge in [0.2, 0.25) is 0 Å². The molecule has 14 heavy (non-hydrogen) atoms. The van der Waals surface area contributed by atoms with Crippen molar-refractivity contribution in [1.29, 1.82) is 0 Å². The number of quaternary nitrogens is 1. The van der Waals surface area contributed by atoms with Crippen LogP contribution in [0, 0.1) is 5.21 Å². The van der Waals surface area contributed by atoms with E-state index in [-0.39, 0.29) is 0 Å². The molecule has 0 spiro atoms. The summed E-state index contributed by atoms with van der Waals surface area (Å²) in [5.74, 6) is 0. The second-order valence-corrected chi connectivity index (χ2v) is 5.24. The highest BCUT2D eigenvalue weighted by atomic mass is 79.9. The van der Waals surface area contributed by atoms with E-state index >= 15 is 0 Å². The van der Waals surface area contributed by atoms with E-state index < -0.39 is 4.76 Å². The topological polar surface area (TPSA) is 35.4 Å². The largest absolute Gasteiger partial charge is 0.604 e. The van der Waals surface area contributed by atoms with Crippen molar-refractivity contribution in [3.05, 3.63) is 14.2 Å². The number of hydrogen-bond acceptors (Lipinski definition) is 2. The zero-order valence-electron chi connectivity index (χ0n) is 8.17. The minimum atomic E-state index is -0.477. The van der Waals surface area contributed by atoms with Crippen molar-refractivity contribution in [3.63, 3.8) is 0 Å². The zero-order valence-corrected chi connectivity index (χ0v) is 11.3. The lowest BCUT2D eigenvalue weighted by atomic mass is 10.2. The highest BCUT2D eigenvalue weighted by Gasteiger charge is 2.22. The molecule has 1 heterocycles. The summed E-state index contributed by atoms with van der Waals surface area (Å²) in [5, 5.41) is 16.0. The molecule has 0 aromatic heterocycles. The van der Waals surface area contributed by atoms with Crippen LogP contribution in [0.2, 0.25) is 0 Å². The number of nitrogens with zero attached hydrogens (tertiary/aromatic N) is 2. The Kier molecular flexibility index (Phi) is 4.76. The van der Waals surface area contributed by atoms with Crippen LogP contribution in [-0.2, 0) is 0 Å². The molecule has 0 saturated heterocycles. The summed E-state index contributed by atoms with van der Waals surface area (Å²) < 4.78 is 1.30. The molecular weight excluding hydrogens is 312 g/mol. The van der Waals surface area contributed by atoms with Crippen LogP contribution < -0.4 is 0 Å². The summed E-state index contributed by atoms with van der Waals surface area (Å²) in [4.78, 5) is 0. The van der Waals surface area contributed by atoms with Crippen molar-refractivity contribution in [1.82, 2.24) is 0 Å². The average Bonchev–Trinajstić information content (AvgIpc) is 2.13. The first kappa shape index (κ1) is 12.4. The van der Waals surface area contributed by atoms with Gasteiger partial charge in [-0.2, -0.15) is 0 Å². The van der Waals surface area contributed by atoms with E-state index in [4.69, 9.17) is 0 Å². The van der Waals surface area contributed by atoms with Gasteiger partial charge in [-0.1, -0.05) is 18.4 Å². The molecule has 0 N–H and O–H groups in total. The number of hydroxylamine groups is 2. The van der Waals surface area contributed by atoms with Crippen molar-refractivity contribution in [2.75, 3.05) is 13.1 Å². The van der Waals surface area contributed by atoms with E-state index in [1.54, 1.807) is 6.21 Å². The summed E-state index contributed by atoms with van der Waals surface area (Å²) in [7, 11) is 0. The van der Waals surface area contributed by atoms with Gasteiger partial charge in [0.1, 0.15) is 13.1 Å². The summed E-state index contributed by atoms with van der Waals surface area (Å²) in [6.45, 7) is 3.10. The predicted octanol–water partition coefficient (Wildman–Crippen LogP) is 3.49. The van der Waals surface area contributed by atoms with Crippen LogP contribution in [0.4, 0.5) is 0 Å². The van der Waals surface area contributed by atoms with Crippen LogP contribution in [0.15, 0.2) is 14.1 Å². The molecule has 1 unspecified atom stereocenters. The molecule has 0 fully saturated rings. The smallest absolute Gasteiger partial charge is 0.136 e. The molecule has 1 aliphatic heterocycles. The number of allylic oxidation sites excluding steroid dienone is 1. The second kappa shape index (κ2) is 5.39. The molecule has 0 radical (unpaired) electrons. The number of unbranched alkanes of at least 4 members (excludes halogenated alkanes) is 2. The van der Waals surface area contributed by atoms with Gasteiger partial charge in [-0.05, 0) is 44.7 Å². The molecule has 0 saturated carbocycles. The van der Waals surface area contributed by atoms with Crippen LogP contribution in [0.1, 0.15) is 26.2 Å². The first-order valence-electron chi connectivity index (χ1n) is 4.75. The van der Waals surface area contributed by atoms with Gasteiger partial charge in [0, 0.05) is 0 Å². The highest BCUT2D eigenvalue weighted by molar-refractivity contribution is 9.14. The maximum absolute atomic E-state index is 12.0. The monoisotopic (exact) mass is 324 g/mol. The third kappa shape index (κ3) is 3.46. The Morgan fingerprint density at radius 1 is 1.50 bits per heavy atom. The Hall–Kier alpha value is 0.290. The van der Waals surface area contributed by atoms with Gasteiger partial charge in [0.15, 0.2) is 0 Å². The van der Waals surface area contributed by atoms with Crippen LogP contribution in [0.3, 0.4) is 0 Å². The lowest BCUT2D eigenvalue weighted by molar-refractivity contribution is -0.882. The standard InChI is InChI=1S/C9H14Br2N2O/c1-2-3-4-5-13(14)7-9(11)8(10)6-12-13/h6H,2-5,7H2,1H3. The summed E-state index contributed by atoms with van der Waals surface area (Å²) in [5.41, 5.74) is 0.